The van der Waals surface area contributed by atoms with Crippen molar-refractivity contribution >= 4 is 45.3 Å². The van der Waals surface area contributed by atoms with Crippen LogP contribution < -0.4 is 0 Å². The van der Waals surface area contributed by atoms with Gasteiger partial charge < -0.3 is 10.2 Å². The molecule has 2 N–H and O–H groups in total. The lowest BCUT2D eigenvalue weighted by atomic mass is 10.2. The molecule has 2 heterocycles. The standard InChI is InChI=1S/C10H8N2O4S2/c1-4-6-8(18-7(4)10(15)16)9(12-3-11-6)17-2-5(13)14/h3H,2H2,1H3,(H,13,14)(H,15,16). The Morgan fingerprint density at radius 2 is 2.11 bits per heavy atom. The maximum Gasteiger partial charge on any atom is 0.346 e. The molecule has 0 fully saturated rings. The van der Waals surface area contributed by atoms with Crippen LogP contribution in [0.3, 0.4) is 0 Å². The molecule has 0 saturated heterocycles. The highest BCUT2D eigenvalue weighted by molar-refractivity contribution is 8.00. The lowest BCUT2D eigenvalue weighted by Gasteiger charge is -1.98. The fraction of sp³-hybridized carbons (Fsp3) is 0.200. The summed E-state index contributed by atoms with van der Waals surface area (Å²) in [6.45, 7) is 1.68. The number of rotatable bonds is 4. The van der Waals surface area contributed by atoms with Gasteiger partial charge in [0.25, 0.3) is 0 Å². The molecule has 2 aromatic rings. The molecule has 2 rings (SSSR count). The largest absolute Gasteiger partial charge is 0.481 e. The zero-order valence-corrected chi connectivity index (χ0v) is 10.8. The normalized spacial score (nSPS) is 10.7. The van der Waals surface area contributed by atoms with Gasteiger partial charge in [-0.3, -0.25) is 4.79 Å². The Kier molecular flexibility index (Phi) is 3.48. The molecule has 0 amide bonds. The smallest absolute Gasteiger partial charge is 0.346 e. The summed E-state index contributed by atoms with van der Waals surface area (Å²) in [7, 11) is 0. The highest BCUT2D eigenvalue weighted by Crippen LogP contribution is 2.34. The Morgan fingerprint density at radius 1 is 1.39 bits per heavy atom. The van der Waals surface area contributed by atoms with Gasteiger partial charge in [-0.2, -0.15) is 0 Å². The fourth-order valence-electron chi connectivity index (χ4n) is 1.44. The predicted octanol–water partition coefficient (Wildman–Crippen LogP) is 1.87. The average Bonchev–Trinajstić information content (AvgIpc) is 2.65. The molecule has 0 atom stereocenters. The van der Waals surface area contributed by atoms with Gasteiger partial charge in [-0.1, -0.05) is 11.8 Å². The molecule has 0 aliphatic rings. The first-order valence-corrected chi connectivity index (χ1v) is 6.63. The minimum Gasteiger partial charge on any atom is -0.481 e. The van der Waals surface area contributed by atoms with E-state index < -0.39 is 11.9 Å². The van der Waals surface area contributed by atoms with Crippen molar-refractivity contribution in [1.29, 1.82) is 0 Å². The van der Waals surface area contributed by atoms with Crippen molar-refractivity contribution < 1.29 is 19.8 Å². The number of thiophene rings is 1. The van der Waals surface area contributed by atoms with Crippen molar-refractivity contribution in [2.24, 2.45) is 0 Å². The minimum absolute atomic E-state index is 0.120. The number of aryl methyl sites for hydroxylation is 1. The van der Waals surface area contributed by atoms with Crippen molar-refractivity contribution in [3.8, 4) is 0 Å². The molecule has 0 spiro atoms. The number of thioether (sulfide) groups is 1. The quantitative estimate of drug-likeness (QED) is 0.653. The number of hydrogen-bond acceptors (Lipinski definition) is 6. The van der Waals surface area contributed by atoms with E-state index in [-0.39, 0.29) is 10.6 Å². The molecule has 0 aliphatic heterocycles. The van der Waals surface area contributed by atoms with Gasteiger partial charge in [0.05, 0.1) is 16.0 Å². The fourth-order valence-corrected chi connectivity index (χ4v) is 3.33. The van der Waals surface area contributed by atoms with Gasteiger partial charge >= 0.3 is 11.9 Å². The van der Waals surface area contributed by atoms with Crippen molar-refractivity contribution in [2.75, 3.05) is 5.75 Å². The molecule has 2 aromatic heterocycles. The van der Waals surface area contributed by atoms with E-state index in [1.54, 1.807) is 6.92 Å². The van der Waals surface area contributed by atoms with E-state index in [1.165, 1.54) is 6.33 Å². The second kappa shape index (κ2) is 4.91. The van der Waals surface area contributed by atoms with E-state index in [2.05, 4.69) is 9.97 Å². The summed E-state index contributed by atoms with van der Waals surface area (Å²) >= 11 is 2.13. The number of carboxylic acid groups (broad SMARTS) is 2. The predicted molar refractivity (Wildman–Crippen MR) is 67.5 cm³/mol. The second-order valence-electron chi connectivity index (χ2n) is 3.40. The third-order valence-electron chi connectivity index (χ3n) is 2.20. The zero-order valence-electron chi connectivity index (χ0n) is 9.21. The van der Waals surface area contributed by atoms with Crippen LogP contribution in [0.25, 0.3) is 10.2 Å². The van der Waals surface area contributed by atoms with Gasteiger partial charge in [-0.15, -0.1) is 11.3 Å². The highest BCUT2D eigenvalue weighted by Gasteiger charge is 2.18. The number of hydrogen-bond donors (Lipinski definition) is 2. The molecule has 0 aromatic carbocycles. The Labute approximate surface area is 110 Å². The van der Waals surface area contributed by atoms with Gasteiger partial charge in [-0.25, -0.2) is 14.8 Å². The molecular formula is C10H8N2O4S2. The summed E-state index contributed by atoms with van der Waals surface area (Å²) < 4.78 is 0.624. The Hall–Kier alpha value is -1.67. The number of aromatic nitrogens is 2. The Balaban J connectivity index is 2.52. The molecule has 94 valence electrons. The summed E-state index contributed by atoms with van der Waals surface area (Å²) in [5.74, 6) is -2.07. The summed E-state index contributed by atoms with van der Waals surface area (Å²) in [4.78, 5) is 29.8. The maximum atomic E-state index is 11.0. The van der Waals surface area contributed by atoms with E-state index in [4.69, 9.17) is 10.2 Å². The van der Waals surface area contributed by atoms with E-state index >= 15 is 0 Å². The number of aromatic carboxylic acids is 1. The van der Waals surface area contributed by atoms with E-state index in [0.29, 0.717) is 20.8 Å². The maximum absolute atomic E-state index is 11.0. The molecule has 6 nitrogen and oxygen atoms in total. The molecule has 0 aliphatic carbocycles. The van der Waals surface area contributed by atoms with Crippen LogP contribution in [0.4, 0.5) is 0 Å². The first kappa shape index (κ1) is 12.8. The molecular weight excluding hydrogens is 276 g/mol. The van der Waals surface area contributed by atoms with Crippen molar-refractivity contribution in [3.05, 3.63) is 16.8 Å². The van der Waals surface area contributed by atoms with Gasteiger partial charge in [0, 0.05) is 5.56 Å². The van der Waals surface area contributed by atoms with Crippen LogP contribution in [-0.4, -0.2) is 37.9 Å². The molecule has 18 heavy (non-hydrogen) atoms. The van der Waals surface area contributed by atoms with Gasteiger partial charge in [0.2, 0.25) is 0 Å². The van der Waals surface area contributed by atoms with Crippen molar-refractivity contribution in [2.45, 2.75) is 11.9 Å². The SMILES string of the molecule is Cc1c(C(=O)O)sc2c(SCC(=O)O)ncnc12. The van der Waals surface area contributed by atoms with Crippen LogP contribution in [0.5, 0.6) is 0 Å². The third kappa shape index (κ3) is 2.29. The zero-order chi connectivity index (χ0) is 13.3. The molecule has 8 heteroatoms. The molecule has 0 saturated carbocycles. The number of carbonyl (C=O) groups is 2. The van der Waals surface area contributed by atoms with Crippen LogP contribution in [0.1, 0.15) is 15.2 Å². The average molecular weight is 284 g/mol. The number of carboxylic acids is 2. The molecule has 0 unspecified atom stereocenters. The van der Waals surface area contributed by atoms with E-state index in [9.17, 15) is 9.59 Å². The number of aliphatic carboxylic acids is 1. The summed E-state index contributed by atoms with van der Waals surface area (Å²) in [6.07, 6.45) is 1.32. The monoisotopic (exact) mass is 284 g/mol. The van der Waals surface area contributed by atoms with Crippen LogP contribution in [0.15, 0.2) is 11.4 Å². The topological polar surface area (TPSA) is 100 Å². The number of fused-ring (bicyclic) bond motifs is 1. The first-order chi connectivity index (χ1) is 8.50. The third-order valence-corrected chi connectivity index (χ3v) is 4.58. The lowest BCUT2D eigenvalue weighted by molar-refractivity contribution is -0.133. The highest BCUT2D eigenvalue weighted by atomic mass is 32.2. The summed E-state index contributed by atoms with van der Waals surface area (Å²) in [5, 5.41) is 18.2. The van der Waals surface area contributed by atoms with Gasteiger partial charge in [0.15, 0.2) is 0 Å². The van der Waals surface area contributed by atoms with Crippen molar-refractivity contribution in [3.63, 3.8) is 0 Å². The lowest BCUT2D eigenvalue weighted by Crippen LogP contribution is -1.98. The van der Waals surface area contributed by atoms with Crippen LogP contribution in [0.2, 0.25) is 0 Å². The van der Waals surface area contributed by atoms with Gasteiger partial charge in [-0.05, 0) is 6.92 Å². The van der Waals surface area contributed by atoms with E-state index in [0.717, 1.165) is 23.1 Å². The van der Waals surface area contributed by atoms with Gasteiger partial charge in [0.1, 0.15) is 16.2 Å². The summed E-state index contributed by atoms with van der Waals surface area (Å²) in [6, 6.07) is 0. The first-order valence-electron chi connectivity index (χ1n) is 4.82. The van der Waals surface area contributed by atoms with Crippen LogP contribution >= 0.6 is 23.1 Å². The van der Waals surface area contributed by atoms with Crippen LogP contribution in [0, 0.1) is 6.92 Å². The molecule has 0 radical (unpaired) electrons. The van der Waals surface area contributed by atoms with Crippen molar-refractivity contribution in [1.82, 2.24) is 9.97 Å². The Morgan fingerprint density at radius 3 is 2.72 bits per heavy atom. The minimum atomic E-state index is -1.01. The number of nitrogens with zero attached hydrogens (tertiary/aromatic N) is 2. The van der Waals surface area contributed by atoms with Crippen LogP contribution in [-0.2, 0) is 4.79 Å². The Bertz CT molecular complexity index is 638. The summed E-state index contributed by atoms with van der Waals surface area (Å²) in [5.41, 5.74) is 1.15. The molecule has 0 bridgehead atoms. The van der Waals surface area contributed by atoms with E-state index in [1.807, 2.05) is 0 Å². The second-order valence-corrected chi connectivity index (χ2v) is 5.38.